The molecule has 0 radical (unpaired) electrons. The Hall–Kier alpha value is -5.04. The van der Waals surface area contributed by atoms with Crippen LogP contribution in [0, 0.1) is 12.8 Å². The topological polar surface area (TPSA) is 156 Å². The molecule has 2 aromatic carbocycles. The Balaban J connectivity index is 1.11. The number of para-hydroxylation sites is 1. The highest BCUT2D eigenvalue weighted by Gasteiger charge is 2.61. The Bertz CT molecular complexity index is 2090. The molecular formula is C40H43N7O5S. The quantitative estimate of drug-likeness (QED) is 0.136. The molecule has 4 amide bonds. The maximum Gasteiger partial charge on any atom is 0.272 e. The van der Waals surface area contributed by atoms with Gasteiger partial charge in [0.2, 0.25) is 17.7 Å². The fourth-order valence-electron chi connectivity index (χ4n) is 7.44. The van der Waals surface area contributed by atoms with Crippen LogP contribution in [0.25, 0.3) is 21.7 Å². The molecule has 0 bridgehead atoms. The number of pyridine rings is 1. The lowest BCUT2D eigenvalue weighted by Crippen LogP contribution is -2.57. The van der Waals surface area contributed by atoms with Gasteiger partial charge in [-0.05, 0) is 74.9 Å². The molecule has 3 fully saturated rings. The van der Waals surface area contributed by atoms with Gasteiger partial charge in [-0.25, -0.2) is 9.97 Å². The van der Waals surface area contributed by atoms with Crippen LogP contribution in [-0.2, 0) is 14.4 Å². The smallest absolute Gasteiger partial charge is 0.272 e. The van der Waals surface area contributed by atoms with E-state index in [-0.39, 0.29) is 36.4 Å². The zero-order valence-corrected chi connectivity index (χ0v) is 30.4. The fraction of sp³-hybridized carbons (Fsp3) is 0.425. The van der Waals surface area contributed by atoms with E-state index in [1.165, 1.54) is 29.2 Å². The summed E-state index contributed by atoms with van der Waals surface area (Å²) in [5, 5.41) is 9.24. The summed E-state index contributed by atoms with van der Waals surface area (Å²) in [6.45, 7) is 1.88. The van der Waals surface area contributed by atoms with Crippen LogP contribution in [0.3, 0.4) is 0 Å². The summed E-state index contributed by atoms with van der Waals surface area (Å²) in [6, 6.07) is 13.9. The highest BCUT2D eigenvalue weighted by atomic mass is 32.2. The van der Waals surface area contributed by atoms with Crippen molar-refractivity contribution in [1.29, 1.82) is 0 Å². The fourth-order valence-corrected chi connectivity index (χ4v) is 8.27. The maximum atomic E-state index is 14.6. The highest BCUT2D eigenvalue weighted by molar-refractivity contribution is 7.98. The van der Waals surface area contributed by atoms with Gasteiger partial charge >= 0.3 is 0 Å². The van der Waals surface area contributed by atoms with Crippen molar-refractivity contribution in [3.63, 3.8) is 0 Å². The van der Waals surface area contributed by atoms with Gasteiger partial charge in [-0.1, -0.05) is 61.4 Å². The molecule has 0 spiro atoms. The van der Waals surface area contributed by atoms with E-state index in [0.717, 1.165) is 53.8 Å². The van der Waals surface area contributed by atoms with Gasteiger partial charge in [0.05, 0.1) is 24.0 Å². The lowest BCUT2D eigenvalue weighted by molar-refractivity contribution is -0.141. The van der Waals surface area contributed by atoms with E-state index in [1.54, 1.807) is 6.92 Å². The van der Waals surface area contributed by atoms with E-state index in [2.05, 4.69) is 31.4 Å². The Labute approximate surface area is 312 Å². The van der Waals surface area contributed by atoms with Gasteiger partial charge in [-0.3, -0.25) is 28.9 Å². The summed E-state index contributed by atoms with van der Waals surface area (Å²) < 4.78 is 9.64. The number of amides is 4. The average Bonchev–Trinajstić information content (AvgIpc) is 4.09. The second kappa shape index (κ2) is 14.8. The van der Waals surface area contributed by atoms with Gasteiger partial charge in [0.15, 0.2) is 0 Å². The molecule has 2 aromatic heterocycles. The number of ether oxygens (including phenoxy) is 1. The van der Waals surface area contributed by atoms with Gasteiger partial charge in [-0.15, -0.1) is 0 Å². The Kier molecular flexibility index (Phi) is 9.76. The number of hydrogen-bond donors (Lipinski definition) is 3. The van der Waals surface area contributed by atoms with Crippen molar-refractivity contribution >= 4 is 57.3 Å². The first kappa shape index (κ1) is 35.0. The first-order valence-electron chi connectivity index (χ1n) is 18.6. The molecule has 13 heteroatoms. The number of carbonyl (C=O) groups is 4. The van der Waals surface area contributed by atoms with Crippen LogP contribution >= 0.6 is 11.9 Å². The highest BCUT2D eigenvalue weighted by Crippen LogP contribution is 2.46. The monoisotopic (exact) mass is 733 g/mol. The molecule has 4 heterocycles. The van der Waals surface area contributed by atoms with Crippen LogP contribution in [0.15, 0.2) is 73.1 Å². The Morgan fingerprint density at radius 3 is 2.55 bits per heavy atom. The van der Waals surface area contributed by atoms with Crippen molar-refractivity contribution in [3.8, 4) is 5.88 Å². The molecule has 2 aliphatic heterocycles. The third-order valence-electron chi connectivity index (χ3n) is 10.7. The van der Waals surface area contributed by atoms with Crippen molar-refractivity contribution in [2.24, 2.45) is 5.92 Å². The molecule has 4 aliphatic rings. The van der Waals surface area contributed by atoms with Gasteiger partial charge in [-0.2, -0.15) is 0 Å². The van der Waals surface area contributed by atoms with E-state index in [9.17, 15) is 19.2 Å². The number of benzene rings is 2. The van der Waals surface area contributed by atoms with E-state index >= 15 is 0 Å². The van der Waals surface area contributed by atoms with E-state index in [0.29, 0.717) is 36.1 Å². The summed E-state index contributed by atoms with van der Waals surface area (Å²) in [5.74, 6) is -1.27. The number of carbonyl (C=O) groups excluding carboxylic acids is 4. The molecule has 4 aromatic rings. The molecule has 5 atom stereocenters. The lowest BCUT2D eigenvalue weighted by Gasteiger charge is -2.29. The van der Waals surface area contributed by atoms with E-state index < -0.39 is 35.5 Å². The number of aryl methyl sites for hydroxylation is 1. The van der Waals surface area contributed by atoms with Crippen molar-refractivity contribution in [2.45, 2.75) is 93.7 Å². The molecule has 12 nitrogen and oxygen atoms in total. The van der Waals surface area contributed by atoms with Crippen LogP contribution in [0.5, 0.6) is 5.88 Å². The van der Waals surface area contributed by atoms with Crippen LogP contribution in [0.4, 0.5) is 0 Å². The summed E-state index contributed by atoms with van der Waals surface area (Å²) in [6.07, 6.45) is 12.9. The average molecular weight is 734 g/mol. The number of hydrogen-bond acceptors (Lipinski definition) is 9. The first-order valence-corrected chi connectivity index (χ1v) is 19.5. The normalized spacial score (nSPS) is 26.8. The standard InChI is InChI=1S/C40H43N7O5S/c1-24-21-42-33(22-41-24)35(48)43-32-16-6-4-2-3-5-11-25-20-40(25,39(51)46-53-27-17-18-27)45-36(49)34-19-26(23-47(34)38(32)50)52-37-30-14-8-7-12-28(30)29-13-9-10-15-31(29)44-37/h5,7-15,21-22,25-27,32,34H,2-4,6,16-20,23H2,1H3,(H,43,48)(H,45,49)(H,46,51)/b11-5-/t25?,26-,32+,34+,40-/m1/s1. The summed E-state index contributed by atoms with van der Waals surface area (Å²) in [5.41, 5.74) is 0.445. The number of rotatable bonds is 7. The number of fused-ring (bicyclic) bond motifs is 5. The third-order valence-corrected chi connectivity index (χ3v) is 11.8. The minimum Gasteiger partial charge on any atom is -0.472 e. The predicted octanol–water partition coefficient (Wildman–Crippen LogP) is 4.96. The first-order chi connectivity index (χ1) is 25.8. The molecule has 2 saturated carbocycles. The molecule has 2 aliphatic carbocycles. The van der Waals surface area contributed by atoms with E-state index in [4.69, 9.17) is 9.72 Å². The number of allylic oxidation sites excluding steroid dienone is 1. The van der Waals surface area contributed by atoms with E-state index in [1.807, 2.05) is 54.6 Å². The maximum absolute atomic E-state index is 14.6. The predicted molar refractivity (Wildman–Crippen MR) is 202 cm³/mol. The van der Waals surface area contributed by atoms with Gasteiger partial charge < -0.3 is 20.3 Å². The molecule has 1 saturated heterocycles. The summed E-state index contributed by atoms with van der Waals surface area (Å²) in [4.78, 5) is 71.0. The third kappa shape index (κ3) is 7.44. The van der Waals surface area contributed by atoms with Crippen LogP contribution < -0.4 is 20.1 Å². The zero-order chi connectivity index (χ0) is 36.5. The Morgan fingerprint density at radius 2 is 1.75 bits per heavy atom. The molecule has 1 unspecified atom stereocenters. The van der Waals surface area contributed by atoms with Crippen LogP contribution in [0.1, 0.15) is 74.0 Å². The Morgan fingerprint density at radius 1 is 0.962 bits per heavy atom. The molecule has 8 rings (SSSR count). The zero-order valence-electron chi connectivity index (χ0n) is 29.6. The minimum atomic E-state index is -1.10. The SMILES string of the molecule is Cc1cnc(C(=O)N[C@H]2CCCCC/C=C\C3C[C@@]3(C(=O)NSC3CC3)NC(=O)[C@@H]3C[C@@H](Oc4nc5ccccc5c5ccccc45)CN3C2=O)cn1. The van der Waals surface area contributed by atoms with Gasteiger partial charge in [0.25, 0.3) is 11.8 Å². The lowest BCUT2D eigenvalue weighted by atomic mass is 10.0. The van der Waals surface area contributed by atoms with Crippen molar-refractivity contribution in [2.75, 3.05) is 6.54 Å². The summed E-state index contributed by atoms with van der Waals surface area (Å²) >= 11 is 1.42. The molecule has 53 heavy (non-hydrogen) atoms. The van der Waals surface area contributed by atoms with Crippen molar-refractivity contribution in [1.82, 2.24) is 35.2 Å². The number of aromatic nitrogens is 3. The second-order valence-corrected chi connectivity index (χ2v) is 15.7. The second-order valence-electron chi connectivity index (χ2n) is 14.6. The van der Waals surface area contributed by atoms with Crippen molar-refractivity contribution < 1.29 is 23.9 Å². The molecule has 274 valence electrons. The van der Waals surface area contributed by atoms with Crippen LogP contribution in [-0.4, -0.2) is 79.0 Å². The largest absolute Gasteiger partial charge is 0.472 e. The number of nitrogens with one attached hydrogen (secondary N) is 3. The van der Waals surface area contributed by atoms with Gasteiger partial charge in [0, 0.05) is 34.6 Å². The van der Waals surface area contributed by atoms with Crippen molar-refractivity contribution in [3.05, 3.63) is 84.5 Å². The minimum absolute atomic E-state index is 0.0938. The van der Waals surface area contributed by atoms with Crippen LogP contribution in [0.2, 0.25) is 0 Å². The molecule has 3 N–H and O–H groups in total. The molecular weight excluding hydrogens is 691 g/mol. The number of nitrogens with zero attached hydrogens (tertiary/aromatic N) is 4. The summed E-state index contributed by atoms with van der Waals surface area (Å²) in [7, 11) is 0. The van der Waals surface area contributed by atoms with Gasteiger partial charge in [0.1, 0.15) is 29.4 Å².